The summed E-state index contributed by atoms with van der Waals surface area (Å²) in [6, 6.07) is 15.3. The Hall–Kier alpha value is -1.51. The SMILES string of the molecule is CCCOc1cccc(C(N)c2ccccc2Cl)c1. The summed E-state index contributed by atoms with van der Waals surface area (Å²) < 4.78 is 5.62. The fourth-order valence-electron chi connectivity index (χ4n) is 1.92. The zero-order valence-electron chi connectivity index (χ0n) is 11.0. The van der Waals surface area contributed by atoms with E-state index >= 15 is 0 Å². The first-order chi connectivity index (χ1) is 9.22. The van der Waals surface area contributed by atoms with E-state index in [0.29, 0.717) is 11.6 Å². The van der Waals surface area contributed by atoms with E-state index in [1.807, 2.05) is 48.5 Å². The largest absolute Gasteiger partial charge is 0.494 e. The van der Waals surface area contributed by atoms with Crippen LogP contribution in [0.2, 0.25) is 5.02 Å². The van der Waals surface area contributed by atoms with Gasteiger partial charge in [-0.15, -0.1) is 0 Å². The zero-order chi connectivity index (χ0) is 13.7. The van der Waals surface area contributed by atoms with Crippen molar-refractivity contribution in [3.8, 4) is 5.75 Å². The van der Waals surface area contributed by atoms with E-state index < -0.39 is 0 Å². The van der Waals surface area contributed by atoms with Crippen LogP contribution < -0.4 is 10.5 Å². The van der Waals surface area contributed by atoms with Crippen molar-refractivity contribution < 1.29 is 4.74 Å². The van der Waals surface area contributed by atoms with Gasteiger partial charge in [0.2, 0.25) is 0 Å². The molecule has 19 heavy (non-hydrogen) atoms. The van der Waals surface area contributed by atoms with Gasteiger partial charge in [0, 0.05) is 5.02 Å². The molecule has 1 atom stereocenters. The Bertz CT molecular complexity index is 542. The molecule has 0 spiro atoms. The van der Waals surface area contributed by atoms with Crippen molar-refractivity contribution in [2.45, 2.75) is 19.4 Å². The highest BCUT2D eigenvalue weighted by molar-refractivity contribution is 6.31. The number of benzene rings is 2. The maximum absolute atomic E-state index is 6.27. The molecule has 0 bridgehead atoms. The summed E-state index contributed by atoms with van der Waals surface area (Å²) >= 11 is 6.18. The fraction of sp³-hybridized carbons (Fsp3) is 0.250. The van der Waals surface area contributed by atoms with Gasteiger partial charge in [0.15, 0.2) is 0 Å². The van der Waals surface area contributed by atoms with Crippen molar-refractivity contribution in [2.24, 2.45) is 5.73 Å². The van der Waals surface area contributed by atoms with Crippen molar-refractivity contribution in [1.29, 1.82) is 0 Å². The Kier molecular flexibility index (Phi) is 4.83. The first kappa shape index (κ1) is 13.9. The molecule has 3 heteroatoms. The molecule has 0 fully saturated rings. The van der Waals surface area contributed by atoms with E-state index in [9.17, 15) is 0 Å². The highest BCUT2D eigenvalue weighted by atomic mass is 35.5. The van der Waals surface area contributed by atoms with Crippen LogP contribution in [0.15, 0.2) is 48.5 Å². The van der Waals surface area contributed by atoms with Crippen LogP contribution in [0, 0.1) is 0 Å². The number of rotatable bonds is 5. The van der Waals surface area contributed by atoms with Gasteiger partial charge >= 0.3 is 0 Å². The van der Waals surface area contributed by atoms with Crippen molar-refractivity contribution >= 4 is 11.6 Å². The van der Waals surface area contributed by atoms with Crippen LogP contribution >= 0.6 is 11.6 Å². The number of hydrogen-bond donors (Lipinski definition) is 1. The predicted octanol–water partition coefficient (Wildman–Crippen LogP) is 4.18. The van der Waals surface area contributed by atoms with Gasteiger partial charge in [-0.25, -0.2) is 0 Å². The van der Waals surface area contributed by atoms with Crippen molar-refractivity contribution in [2.75, 3.05) is 6.61 Å². The predicted molar refractivity (Wildman–Crippen MR) is 79.7 cm³/mol. The minimum atomic E-state index is -0.237. The van der Waals surface area contributed by atoms with Crippen LogP contribution in [0.5, 0.6) is 5.75 Å². The first-order valence-corrected chi connectivity index (χ1v) is 6.83. The molecule has 0 aromatic heterocycles. The lowest BCUT2D eigenvalue weighted by atomic mass is 9.99. The maximum atomic E-state index is 6.27. The number of halogens is 1. The highest BCUT2D eigenvalue weighted by Gasteiger charge is 2.12. The molecule has 0 aliphatic carbocycles. The third-order valence-corrected chi connectivity index (χ3v) is 3.27. The molecule has 100 valence electrons. The summed E-state index contributed by atoms with van der Waals surface area (Å²) in [7, 11) is 0. The maximum Gasteiger partial charge on any atom is 0.119 e. The molecule has 0 aliphatic rings. The van der Waals surface area contributed by atoms with Gasteiger partial charge in [-0.05, 0) is 35.7 Å². The molecule has 2 rings (SSSR count). The third kappa shape index (κ3) is 3.49. The summed E-state index contributed by atoms with van der Waals surface area (Å²) in [6.07, 6.45) is 0.987. The molecule has 0 saturated carbocycles. The standard InChI is InChI=1S/C16H18ClNO/c1-2-10-19-13-7-5-6-12(11-13)16(18)14-8-3-4-9-15(14)17/h3-9,11,16H,2,10,18H2,1H3. The average Bonchev–Trinajstić information content (AvgIpc) is 2.45. The molecular weight excluding hydrogens is 258 g/mol. The van der Waals surface area contributed by atoms with Crippen molar-refractivity contribution in [3.05, 3.63) is 64.7 Å². The molecule has 2 aromatic carbocycles. The summed E-state index contributed by atoms with van der Waals surface area (Å²) in [6.45, 7) is 2.80. The monoisotopic (exact) mass is 275 g/mol. The van der Waals surface area contributed by atoms with Crippen LogP contribution in [0.4, 0.5) is 0 Å². The lowest BCUT2D eigenvalue weighted by Gasteiger charge is -2.15. The van der Waals surface area contributed by atoms with E-state index in [4.69, 9.17) is 22.1 Å². The molecule has 0 aliphatic heterocycles. The van der Waals surface area contributed by atoms with Gasteiger partial charge in [0.05, 0.1) is 12.6 Å². The van der Waals surface area contributed by atoms with E-state index in [-0.39, 0.29) is 6.04 Å². The summed E-state index contributed by atoms with van der Waals surface area (Å²) in [5.74, 6) is 0.849. The Morgan fingerprint density at radius 3 is 2.68 bits per heavy atom. The van der Waals surface area contributed by atoms with Gasteiger partial charge in [-0.1, -0.05) is 48.9 Å². The van der Waals surface area contributed by atoms with Crippen molar-refractivity contribution in [1.82, 2.24) is 0 Å². The second-order valence-corrected chi connectivity index (χ2v) is 4.83. The summed E-state index contributed by atoms with van der Waals surface area (Å²) in [5.41, 5.74) is 8.20. The van der Waals surface area contributed by atoms with Gasteiger partial charge in [0.25, 0.3) is 0 Å². The zero-order valence-corrected chi connectivity index (χ0v) is 11.7. The molecular formula is C16H18ClNO. The van der Waals surface area contributed by atoms with Gasteiger partial charge in [-0.2, -0.15) is 0 Å². The number of ether oxygens (including phenoxy) is 1. The topological polar surface area (TPSA) is 35.2 Å². The van der Waals surface area contributed by atoms with E-state index in [1.54, 1.807) is 0 Å². The van der Waals surface area contributed by atoms with Crippen LogP contribution in [0.25, 0.3) is 0 Å². The lowest BCUT2D eigenvalue weighted by molar-refractivity contribution is 0.317. The fourth-order valence-corrected chi connectivity index (χ4v) is 2.18. The average molecular weight is 276 g/mol. The molecule has 0 radical (unpaired) electrons. The summed E-state index contributed by atoms with van der Waals surface area (Å²) in [5, 5.41) is 0.690. The van der Waals surface area contributed by atoms with Crippen molar-refractivity contribution in [3.63, 3.8) is 0 Å². The van der Waals surface area contributed by atoms with Crippen LogP contribution in [-0.4, -0.2) is 6.61 Å². The number of nitrogens with two attached hydrogens (primary N) is 1. The Labute approximate surface area is 119 Å². The van der Waals surface area contributed by atoms with E-state index in [2.05, 4.69) is 6.92 Å². The Morgan fingerprint density at radius 1 is 1.16 bits per heavy atom. The number of hydrogen-bond acceptors (Lipinski definition) is 2. The molecule has 2 N–H and O–H groups in total. The van der Waals surface area contributed by atoms with Gasteiger partial charge in [-0.3, -0.25) is 0 Å². The van der Waals surface area contributed by atoms with Crippen LogP contribution in [0.3, 0.4) is 0 Å². The third-order valence-electron chi connectivity index (χ3n) is 2.93. The molecule has 2 nitrogen and oxygen atoms in total. The van der Waals surface area contributed by atoms with E-state index in [1.165, 1.54) is 0 Å². The minimum absolute atomic E-state index is 0.237. The molecule has 0 heterocycles. The molecule has 0 saturated heterocycles. The van der Waals surface area contributed by atoms with Gasteiger partial charge in [0.1, 0.15) is 5.75 Å². The summed E-state index contributed by atoms with van der Waals surface area (Å²) in [4.78, 5) is 0. The lowest BCUT2D eigenvalue weighted by Crippen LogP contribution is -2.12. The smallest absolute Gasteiger partial charge is 0.119 e. The van der Waals surface area contributed by atoms with E-state index in [0.717, 1.165) is 23.3 Å². The second kappa shape index (κ2) is 6.60. The first-order valence-electron chi connectivity index (χ1n) is 6.45. The van der Waals surface area contributed by atoms with Gasteiger partial charge < -0.3 is 10.5 Å². The van der Waals surface area contributed by atoms with Crippen LogP contribution in [-0.2, 0) is 0 Å². The van der Waals surface area contributed by atoms with Crippen LogP contribution in [0.1, 0.15) is 30.5 Å². The molecule has 0 amide bonds. The Balaban J connectivity index is 2.24. The highest BCUT2D eigenvalue weighted by Crippen LogP contribution is 2.28. The Morgan fingerprint density at radius 2 is 1.95 bits per heavy atom. The second-order valence-electron chi connectivity index (χ2n) is 4.42. The minimum Gasteiger partial charge on any atom is -0.494 e. The quantitative estimate of drug-likeness (QED) is 0.888. The molecule has 1 unspecified atom stereocenters. The molecule has 2 aromatic rings. The normalized spacial score (nSPS) is 12.2.